The third kappa shape index (κ3) is 5.22. The van der Waals surface area contributed by atoms with Gasteiger partial charge in [0, 0.05) is 17.9 Å². The molecule has 0 bridgehead atoms. The molecular formula is C20H21ClO. The lowest BCUT2D eigenvalue weighted by Gasteiger charge is -2.12. The van der Waals surface area contributed by atoms with E-state index in [1.807, 2.05) is 42.5 Å². The van der Waals surface area contributed by atoms with Gasteiger partial charge >= 0.3 is 0 Å². The summed E-state index contributed by atoms with van der Waals surface area (Å²) < 4.78 is 0. The van der Waals surface area contributed by atoms with Crippen molar-refractivity contribution in [3.8, 4) is 11.8 Å². The van der Waals surface area contributed by atoms with E-state index in [0.717, 1.165) is 36.8 Å². The van der Waals surface area contributed by atoms with Gasteiger partial charge in [0.15, 0.2) is 0 Å². The van der Waals surface area contributed by atoms with Crippen LogP contribution in [0.5, 0.6) is 0 Å². The van der Waals surface area contributed by atoms with Crippen molar-refractivity contribution in [2.24, 2.45) is 0 Å². The molecular weight excluding hydrogens is 292 g/mol. The summed E-state index contributed by atoms with van der Waals surface area (Å²) in [4.78, 5) is 0. The lowest BCUT2D eigenvalue weighted by molar-refractivity contribution is 0.164. The van der Waals surface area contributed by atoms with Crippen molar-refractivity contribution in [1.82, 2.24) is 0 Å². The molecule has 0 aliphatic rings. The molecule has 0 fully saturated rings. The Kier molecular flexibility index (Phi) is 7.03. The molecule has 2 heteroatoms. The van der Waals surface area contributed by atoms with Crippen molar-refractivity contribution in [1.29, 1.82) is 0 Å². The second kappa shape index (κ2) is 9.30. The lowest BCUT2D eigenvalue weighted by Crippen LogP contribution is -2.00. The fourth-order valence-corrected chi connectivity index (χ4v) is 2.52. The lowest BCUT2D eigenvalue weighted by atomic mass is 9.98. The van der Waals surface area contributed by atoms with Gasteiger partial charge in [0.05, 0.1) is 6.10 Å². The molecule has 0 radical (unpaired) electrons. The first-order chi connectivity index (χ1) is 10.8. The Bertz CT molecular complexity index is 625. The second-order valence-corrected chi connectivity index (χ2v) is 5.63. The third-order valence-electron chi connectivity index (χ3n) is 3.54. The van der Waals surface area contributed by atoms with E-state index in [4.69, 9.17) is 11.6 Å². The van der Waals surface area contributed by atoms with E-state index in [9.17, 15) is 5.11 Å². The summed E-state index contributed by atoms with van der Waals surface area (Å²) >= 11 is 5.69. The van der Waals surface area contributed by atoms with Gasteiger partial charge in [0.1, 0.15) is 0 Å². The van der Waals surface area contributed by atoms with Gasteiger partial charge in [-0.1, -0.05) is 60.4 Å². The summed E-state index contributed by atoms with van der Waals surface area (Å²) in [5.74, 6) is 7.04. The minimum Gasteiger partial charge on any atom is -0.388 e. The molecule has 0 saturated heterocycles. The summed E-state index contributed by atoms with van der Waals surface area (Å²) in [6.45, 7) is 0. The van der Waals surface area contributed by atoms with Crippen LogP contribution in [0, 0.1) is 11.8 Å². The molecule has 2 aromatic rings. The number of unbranched alkanes of at least 4 members (excludes halogenated alkanes) is 1. The Hall–Kier alpha value is -1.75. The number of aliphatic hydroxyl groups is 1. The third-order valence-corrected chi connectivity index (χ3v) is 3.81. The predicted molar refractivity (Wildman–Crippen MR) is 93.0 cm³/mol. The first-order valence-electron chi connectivity index (χ1n) is 7.67. The Morgan fingerprint density at radius 3 is 2.45 bits per heavy atom. The fraction of sp³-hybridized carbons (Fsp3) is 0.300. The van der Waals surface area contributed by atoms with Gasteiger partial charge in [-0.2, -0.15) is 0 Å². The molecule has 2 rings (SSSR count). The molecule has 0 saturated carbocycles. The maximum atomic E-state index is 10.3. The summed E-state index contributed by atoms with van der Waals surface area (Å²) in [5.41, 5.74) is 3.03. The second-order valence-electron chi connectivity index (χ2n) is 5.25. The number of aliphatic hydroxyl groups excluding tert-OH is 1. The quantitative estimate of drug-likeness (QED) is 0.465. The number of halogens is 1. The predicted octanol–water partition coefficient (Wildman–Crippen LogP) is 4.72. The molecule has 1 unspecified atom stereocenters. The standard InChI is InChI=1S/C20H21ClO/c21-16-7-6-15-20(22)19-14-5-4-12-18(19)13-8-11-17-9-2-1-3-10-17/h1-5,9-10,12,14,20,22H,6-7,11,15-16H2. The Labute approximate surface area is 138 Å². The van der Waals surface area contributed by atoms with Gasteiger partial charge in [0.2, 0.25) is 0 Å². The van der Waals surface area contributed by atoms with Gasteiger partial charge < -0.3 is 5.11 Å². The van der Waals surface area contributed by atoms with E-state index in [1.165, 1.54) is 5.56 Å². The van der Waals surface area contributed by atoms with Crippen molar-refractivity contribution in [2.75, 3.05) is 5.88 Å². The van der Waals surface area contributed by atoms with Crippen LogP contribution in [0.1, 0.15) is 42.1 Å². The molecule has 0 aromatic heterocycles. The van der Waals surface area contributed by atoms with E-state index >= 15 is 0 Å². The van der Waals surface area contributed by atoms with Gasteiger partial charge in [-0.05, 0) is 36.5 Å². The average molecular weight is 313 g/mol. The van der Waals surface area contributed by atoms with E-state index in [0.29, 0.717) is 5.88 Å². The average Bonchev–Trinajstić information content (AvgIpc) is 2.56. The summed E-state index contributed by atoms with van der Waals surface area (Å²) in [6, 6.07) is 18.0. The van der Waals surface area contributed by atoms with Crippen LogP contribution in [-0.2, 0) is 6.42 Å². The normalized spacial score (nSPS) is 11.5. The molecule has 0 aliphatic carbocycles. The van der Waals surface area contributed by atoms with Crippen LogP contribution >= 0.6 is 11.6 Å². The van der Waals surface area contributed by atoms with E-state index in [-0.39, 0.29) is 0 Å². The Morgan fingerprint density at radius 1 is 0.955 bits per heavy atom. The fourth-order valence-electron chi connectivity index (χ4n) is 2.33. The van der Waals surface area contributed by atoms with Crippen LogP contribution in [0.25, 0.3) is 0 Å². The van der Waals surface area contributed by atoms with Gasteiger partial charge in [-0.15, -0.1) is 11.6 Å². The highest BCUT2D eigenvalue weighted by Crippen LogP contribution is 2.22. The minimum absolute atomic E-state index is 0.467. The van der Waals surface area contributed by atoms with Crippen molar-refractivity contribution >= 4 is 11.6 Å². The van der Waals surface area contributed by atoms with Crippen LogP contribution in [0.4, 0.5) is 0 Å². The number of rotatable bonds is 6. The summed E-state index contributed by atoms with van der Waals surface area (Å²) in [7, 11) is 0. The van der Waals surface area contributed by atoms with E-state index in [1.54, 1.807) is 0 Å². The van der Waals surface area contributed by atoms with Crippen molar-refractivity contribution < 1.29 is 5.11 Å². The molecule has 22 heavy (non-hydrogen) atoms. The maximum Gasteiger partial charge on any atom is 0.0802 e. The van der Waals surface area contributed by atoms with Crippen LogP contribution in [0.3, 0.4) is 0 Å². The maximum absolute atomic E-state index is 10.3. The zero-order valence-corrected chi connectivity index (χ0v) is 13.4. The molecule has 0 amide bonds. The van der Waals surface area contributed by atoms with Crippen molar-refractivity contribution in [3.63, 3.8) is 0 Å². The monoisotopic (exact) mass is 312 g/mol. The first kappa shape index (κ1) is 16.6. The number of hydrogen-bond donors (Lipinski definition) is 1. The molecule has 0 heterocycles. The van der Waals surface area contributed by atoms with Crippen LogP contribution < -0.4 is 0 Å². The summed E-state index contributed by atoms with van der Waals surface area (Å²) in [5, 5.41) is 10.3. The zero-order chi connectivity index (χ0) is 15.6. The van der Waals surface area contributed by atoms with Gasteiger partial charge in [-0.3, -0.25) is 0 Å². The topological polar surface area (TPSA) is 20.2 Å². The van der Waals surface area contributed by atoms with Gasteiger partial charge in [0.25, 0.3) is 0 Å². The zero-order valence-electron chi connectivity index (χ0n) is 12.6. The molecule has 2 aromatic carbocycles. The Morgan fingerprint density at radius 2 is 1.68 bits per heavy atom. The summed E-state index contributed by atoms with van der Waals surface area (Å²) in [6.07, 6.45) is 2.84. The SMILES string of the molecule is OC(CCCCCl)c1ccccc1C#CCc1ccccc1. The van der Waals surface area contributed by atoms with Crippen molar-refractivity contribution in [2.45, 2.75) is 31.8 Å². The smallest absolute Gasteiger partial charge is 0.0802 e. The highest BCUT2D eigenvalue weighted by Gasteiger charge is 2.10. The van der Waals surface area contributed by atoms with Crippen molar-refractivity contribution in [3.05, 3.63) is 71.3 Å². The number of alkyl halides is 1. The minimum atomic E-state index is -0.467. The highest BCUT2D eigenvalue weighted by atomic mass is 35.5. The van der Waals surface area contributed by atoms with E-state index < -0.39 is 6.10 Å². The molecule has 0 spiro atoms. The highest BCUT2D eigenvalue weighted by molar-refractivity contribution is 6.17. The van der Waals surface area contributed by atoms with E-state index in [2.05, 4.69) is 24.0 Å². The molecule has 1 nitrogen and oxygen atoms in total. The van der Waals surface area contributed by atoms with Crippen LogP contribution in [0.15, 0.2) is 54.6 Å². The number of hydrogen-bond acceptors (Lipinski definition) is 1. The molecule has 0 aliphatic heterocycles. The van der Waals surface area contributed by atoms with Crippen LogP contribution in [-0.4, -0.2) is 11.0 Å². The molecule has 1 N–H and O–H groups in total. The molecule has 114 valence electrons. The number of benzene rings is 2. The van der Waals surface area contributed by atoms with Crippen LogP contribution in [0.2, 0.25) is 0 Å². The largest absolute Gasteiger partial charge is 0.388 e. The molecule has 1 atom stereocenters. The first-order valence-corrected chi connectivity index (χ1v) is 8.20. The Balaban J connectivity index is 2.05. The van der Waals surface area contributed by atoms with Gasteiger partial charge in [-0.25, -0.2) is 0 Å².